The Morgan fingerprint density at radius 3 is 2.26 bits per heavy atom. The van der Waals surface area contributed by atoms with Gasteiger partial charge in [-0.15, -0.1) is 0 Å². The van der Waals surface area contributed by atoms with Gasteiger partial charge in [0.25, 0.3) is 0 Å². The van der Waals surface area contributed by atoms with Crippen molar-refractivity contribution in [1.29, 1.82) is 0 Å². The minimum absolute atomic E-state index is 0.0293. The zero-order valence-electron chi connectivity index (χ0n) is 19.2. The number of ether oxygens (including phenoxy) is 4. The number of hydrogen-bond donors (Lipinski definition) is 2. The van der Waals surface area contributed by atoms with Crippen molar-refractivity contribution in [3.05, 3.63) is 46.3 Å². The first-order valence-electron chi connectivity index (χ1n) is 11.0. The number of carbonyl (C=O) groups is 3. The van der Waals surface area contributed by atoms with E-state index >= 15 is 0 Å². The molecule has 0 saturated heterocycles. The third-order valence-electron chi connectivity index (χ3n) is 4.43. The van der Waals surface area contributed by atoms with Crippen LogP contribution in [0.3, 0.4) is 0 Å². The number of nitrogens with two attached hydrogens (primary N) is 1. The highest BCUT2D eigenvalue weighted by molar-refractivity contribution is 5.88. The van der Waals surface area contributed by atoms with Crippen LogP contribution in [0.1, 0.15) is 31.2 Å². The summed E-state index contributed by atoms with van der Waals surface area (Å²) in [5, 5.41) is 5.87. The predicted octanol–water partition coefficient (Wildman–Crippen LogP) is 2.26. The van der Waals surface area contributed by atoms with Gasteiger partial charge in [-0.3, -0.25) is 9.59 Å². The number of benzene rings is 1. The number of alkyl carbamates (subject to hydrolysis) is 1. The van der Waals surface area contributed by atoms with Crippen LogP contribution in [0.4, 0.5) is 4.79 Å². The molecule has 2 amide bonds. The smallest absolute Gasteiger partial charge is 0.408 e. The van der Waals surface area contributed by atoms with Crippen LogP contribution >= 0.6 is 0 Å². The van der Waals surface area contributed by atoms with Crippen LogP contribution in [0.25, 0.3) is 10.4 Å². The van der Waals surface area contributed by atoms with Gasteiger partial charge in [0.15, 0.2) is 5.78 Å². The fourth-order valence-corrected chi connectivity index (χ4v) is 2.72. The average Bonchev–Trinajstić information content (AvgIpc) is 2.83. The molecule has 188 valence electrons. The third-order valence-corrected chi connectivity index (χ3v) is 4.43. The number of ketones is 1. The minimum atomic E-state index is -0.863. The van der Waals surface area contributed by atoms with Crippen molar-refractivity contribution in [3.63, 3.8) is 0 Å². The van der Waals surface area contributed by atoms with Crippen LogP contribution in [0, 0.1) is 0 Å². The molecule has 1 aromatic rings. The molecule has 0 aromatic heterocycles. The molecule has 0 heterocycles. The molecular formula is C22H33N5O7. The SMILES string of the molecule is [N-]=[N+]=NCCOCCOCCOCCCC(=O)[C@H](CCC(N)=O)NC(=O)OCc1ccccc1. The van der Waals surface area contributed by atoms with Crippen molar-refractivity contribution in [1.82, 2.24) is 5.32 Å². The normalized spacial score (nSPS) is 11.3. The van der Waals surface area contributed by atoms with Crippen molar-refractivity contribution in [2.24, 2.45) is 10.8 Å². The van der Waals surface area contributed by atoms with E-state index in [-0.39, 0.29) is 38.2 Å². The van der Waals surface area contributed by atoms with E-state index in [0.717, 1.165) is 5.56 Å². The number of carbonyl (C=O) groups excluding carboxylic acids is 3. The fourth-order valence-electron chi connectivity index (χ4n) is 2.72. The number of azide groups is 1. The first-order chi connectivity index (χ1) is 16.5. The van der Waals surface area contributed by atoms with Gasteiger partial charge in [0.05, 0.1) is 39.1 Å². The summed E-state index contributed by atoms with van der Waals surface area (Å²) in [6.07, 6.45) is -0.0359. The second kappa shape index (κ2) is 19.3. The number of Topliss-reactive ketones (excluding diaryl/α,β-unsaturated/α-hetero) is 1. The van der Waals surface area contributed by atoms with Gasteiger partial charge in [-0.05, 0) is 23.9 Å². The van der Waals surface area contributed by atoms with Crippen molar-refractivity contribution in [2.45, 2.75) is 38.3 Å². The molecule has 1 aromatic carbocycles. The van der Waals surface area contributed by atoms with Crippen LogP contribution in [0.15, 0.2) is 35.4 Å². The van der Waals surface area contributed by atoms with Gasteiger partial charge in [0, 0.05) is 30.9 Å². The number of rotatable bonds is 20. The summed E-state index contributed by atoms with van der Waals surface area (Å²) in [5.41, 5.74) is 14.1. The molecule has 0 bridgehead atoms. The topological polar surface area (TPSA) is 175 Å². The zero-order valence-corrected chi connectivity index (χ0v) is 19.2. The lowest BCUT2D eigenvalue weighted by atomic mass is 10.0. The quantitative estimate of drug-likeness (QED) is 0.125. The highest BCUT2D eigenvalue weighted by Gasteiger charge is 2.21. The third kappa shape index (κ3) is 15.6. The molecule has 0 spiro atoms. The molecule has 0 unspecified atom stereocenters. The Labute approximate surface area is 198 Å². The van der Waals surface area contributed by atoms with Gasteiger partial charge >= 0.3 is 6.09 Å². The van der Waals surface area contributed by atoms with E-state index in [1.165, 1.54) is 0 Å². The van der Waals surface area contributed by atoms with Crippen molar-refractivity contribution >= 4 is 17.8 Å². The summed E-state index contributed by atoms with van der Waals surface area (Å²) in [4.78, 5) is 38.4. The number of nitrogens with one attached hydrogen (secondary N) is 1. The van der Waals surface area contributed by atoms with Gasteiger partial charge in [-0.2, -0.15) is 0 Å². The Balaban J connectivity index is 2.20. The maximum absolute atomic E-state index is 12.5. The lowest BCUT2D eigenvalue weighted by molar-refractivity contribution is -0.122. The molecular weight excluding hydrogens is 446 g/mol. The van der Waals surface area contributed by atoms with Crippen LogP contribution < -0.4 is 11.1 Å². The Kier molecular flexibility index (Phi) is 16.4. The van der Waals surface area contributed by atoms with E-state index in [1.54, 1.807) is 0 Å². The standard InChI is InChI=1S/C22H33N5O7/c23-21(29)9-8-19(26-22(30)34-17-18-5-2-1-3-6-18)20(28)7-4-11-31-13-15-33-16-14-32-12-10-25-27-24/h1-3,5-6,19H,4,7-17H2,(H2,23,29)(H,26,30)/t19-/m0/s1. The average molecular weight is 480 g/mol. The van der Waals surface area contributed by atoms with E-state index in [9.17, 15) is 14.4 Å². The Morgan fingerprint density at radius 2 is 1.62 bits per heavy atom. The first-order valence-corrected chi connectivity index (χ1v) is 11.0. The predicted molar refractivity (Wildman–Crippen MR) is 123 cm³/mol. The highest BCUT2D eigenvalue weighted by atomic mass is 16.6. The van der Waals surface area contributed by atoms with E-state index < -0.39 is 18.0 Å². The summed E-state index contributed by atoms with van der Waals surface area (Å²) in [5.74, 6) is -0.780. The van der Waals surface area contributed by atoms with E-state index in [1.807, 2.05) is 30.3 Å². The molecule has 0 aliphatic carbocycles. The van der Waals surface area contributed by atoms with Crippen molar-refractivity contribution in [3.8, 4) is 0 Å². The molecule has 0 saturated carbocycles. The zero-order chi connectivity index (χ0) is 24.9. The lowest BCUT2D eigenvalue weighted by Crippen LogP contribution is -2.41. The molecule has 1 rings (SSSR count). The number of amides is 2. The van der Waals surface area contributed by atoms with Crippen LogP contribution in [-0.2, 0) is 35.1 Å². The number of nitrogens with zero attached hydrogens (tertiary/aromatic N) is 3. The van der Waals surface area contributed by atoms with Crippen LogP contribution in [-0.4, -0.2) is 70.0 Å². The van der Waals surface area contributed by atoms with Gasteiger partial charge in [-0.25, -0.2) is 4.79 Å². The molecule has 0 aliphatic rings. The lowest BCUT2D eigenvalue weighted by Gasteiger charge is -2.17. The van der Waals surface area contributed by atoms with Crippen molar-refractivity contribution in [2.75, 3.05) is 46.2 Å². The summed E-state index contributed by atoms with van der Waals surface area (Å²) >= 11 is 0. The second-order valence-electron chi connectivity index (χ2n) is 7.13. The monoisotopic (exact) mass is 479 g/mol. The first kappa shape index (κ1) is 28.9. The molecule has 12 heteroatoms. The summed E-state index contributed by atoms with van der Waals surface area (Å²) in [6, 6.07) is 8.28. The number of hydrogen-bond acceptors (Lipinski definition) is 8. The van der Waals surface area contributed by atoms with Gasteiger partial charge in [0.1, 0.15) is 6.61 Å². The maximum Gasteiger partial charge on any atom is 0.408 e. The summed E-state index contributed by atoms with van der Waals surface area (Å²) in [6.45, 7) is 2.57. The van der Waals surface area contributed by atoms with E-state index in [4.69, 9.17) is 30.2 Å². The largest absolute Gasteiger partial charge is 0.445 e. The molecule has 1 atom stereocenters. The molecule has 12 nitrogen and oxygen atoms in total. The maximum atomic E-state index is 12.5. The van der Waals surface area contributed by atoms with Crippen LogP contribution in [0.2, 0.25) is 0 Å². The minimum Gasteiger partial charge on any atom is -0.445 e. The molecule has 0 fully saturated rings. The van der Waals surface area contributed by atoms with Gasteiger partial charge in [0.2, 0.25) is 5.91 Å². The second-order valence-corrected chi connectivity index (χ2v) is 7.13. The molecule has 34 heavy (non-hydrogen) atoms. The van der Waals surface area contributed by atoms with Gasteiger partial charge in [-0.1, -0.05) is 35.4 Å². The highest BCUT2D eigenvalue weighted by Crippen LogP contribution is 2.06. The fraction of sp³-hybridized carbons (Fsp3) is 0.591. The Morgan fingerprint density at radius 1 is 0.971 bits per heavy atom. The molecule has 0 aliphatic heterocycles. The summed E-state index contributed by atoms with van der Waals surface area (Å²) < 4.78 is 21.1. The van der Waals surface area contributed by atoms with E-state index in [2.05, 4.69) is 15.3 Å². The Bertz CT molecular complexity index is 772. The Hall–Kier alpha value is -3.18. The number of primary amides is 1. The van der Waals surface area contributed by atoms with E-state index in [0.29, 0.717) is 46.1 Å². The van der Waals surface area contributed by atoms with Crippen LogP contribution in [0.5, 0.6) is 0 Å². The van der Waals surface area contributed by atoms with Crippen molar-refractivity contribution < 1.29 is 33.3 Å². The summed E-state index contributed by atoms with van der Waals surface area (Å²) in [7, 11) is 0. The molecule has 0 radical (unpaired) electrons. The molecule has 3 N–H and O–H groups in total. The van der Waals surface area contributed by atoms with Gasteiger partial charge < -0.3 is 30.0 Å².